The highest BCUT2D eigenvalue weighted by Gasteiger charge is 2.01. The van der Waals surface area contributed by atoms with Gasteiger partial charge in [0.2, 0.25) is 0 Å². The van der Waals surface area contributed by atoms with Crippen LogP contribution in [-0.2, 0) is 27.4 Å². The largest absolute Gasteiger partial charge is 0.385 e. The summed E-state index contributed by atoms with van der Waals surface area (Å²) >= 11 is 6.12. The van der Waals surface area contributed by atoms with E-state index in [0.717, 1.165) is 24.2 Å². The van der Waals surface area contributed by atoms with Crippen molar-refractivity contribution in [1.29, 1.82) is 0 Å². The van der Waals surface area contributed by atoms with Crippen molar-refractivity contribution in [3.8, 4) is 0 Å². The summed E-state index contributed by atoms with van der Waals surface area (Å²) < 4.78 is 15.8. The summed E-state index contributed by atoms with van der Waals surface area (Å²) in [7, 11) is 1.68. The lowest BCUT2D eigenvalue weighted by Crippen LogP contribution is -2.07. The van der Waals surface area contributed by atoms with Crippen LogP contribution in [0.5, 0.6) is 0 Å². The van der Waals surface area contributed by atoms with E-state index in [0.29, 0.717) is 38.0 Å². The number of hydrogen-bond acceptors (Lipinski definition) is 4. The van der Waals surface area contributed by atoms with Gasteiger partial charge in [0.15, 0.2) is 0 Å². The SMILES string of the molecule is COCCCOCCOCc1ccc(CN)cc1Cl. The first-order valence-electron chi connectivity index (χ1n) is 6.39. The molecule has 0 heterocycles. The van der Waals surface area contributed by atoms with Gasteiger partial charge in [-0.25, -0.2) is 0 Å². The molecule has 5 heteroatoms. The van der Waals surface area contributed by atoms with Gasteiger partial charge < -0.3 is 19.9 Å². The summed E-state index contributed by atoms with van der Waals surface area (Å²) in [4.78, 5) is 0. The van der Waals surface area contributed by atoms with Gasteiger partial charge in [0.1, 0.15) is 0 Å². The molecule has 0 saturated heterocycles. The van der Waals surface area contributed by atoms with Gasteiger partial charge in [0.05, 0.1) is 19.8 Å². The van der Waals surface area contributed by atoms with E-state index in [9.17, 15) is 0 Å². The second kappa shape index (κ2) is 10.2. The Morgan fingerprint density at radius 2 is 1.89 bits per heavy atom. The van der Waals surface area contributed by atoms with E-state index < -0.39 is 0 Å². The maximum absolute atomic E-state index is 6.12. The summed E-state index contributed by atoms with van der Waals surface area (Å²) in [5.41, 5.74) is 7.54. The fourth-order valence-electron chi connectivity index (χ4n) is 1.54. The Labute approximate surface area is 119 Å². The number of nitrogens with two attached hydrogens (primary N) is 1. The predicted molar refractivity (Wildman–Crippen MR) is 76.3 cm³/mol. The zero-order chi connectivity index (χ0) is 13.9. The molecule has 2 N–H and O–H groups in total. The minimum Gasteiger partial charge on any atom is -0.385 e. The summed E-state index contributed by atoms with van der Waals surface area (Å²) in [5.74, 6) is 0. The van der Waals surface area contributed by atoms with Crippen LogP contribution in [0.2, 0.25) is 5.02 Å². The predicted octanol–water partition coefficient (Wildman–Crippen LogP) is 2.37. The smallest absolute Gasteiger partial charge is 0.0732 e. The molecule has 0 saturated carbocycles. The van der Waals surface area contributed by atoms with Crippen molar-refractivity contribution in [1.82, 2.24) is 0 Å². The molecule has 0 aliphatic rings. The molecule has 0 aliphatic carbocycles. The van der Waals surface area contributed by atoms with Gasteiger partial charge in [-0.3, -0.25) is 0 Å². The first kappa shape index (κ1) is 16.4. The Kier molecular flexibility index (Phi) is 8.79. The summed E-state index contributed by atoms with van der Waals surface area (Å²) in [6.07, 6.45) is 0.906. The topological polar surface area (TPSA) is 53.7 Å². The molecule has 1 rings (SSSR count). The minimum absolute atomic E-state index is 0.491. The Morgan fingerprint density at radius 1 is 1.11 bits per heavy atom. The molecule has 0 aliphatic heterocycles. The van der Waals surface area contributed by atoms with E-state index in [2.05, 4.69) is 0 Å². The number of hydrogen-bond donors (Lipinski definition) is 1. The molecule has 0 spiro atoms. The second-order valence-corrected chi connectivity index (χ2v) is 4.55. The molecule has 0 amide bonds. The monoisotopic (exact) mass is 287 g/mol. The zero-order valence-corrected chi connectivity index (χ0v) is 12.1. The van der Waals surface area contributed by atoms with Crippen molar-refractivity contribution >= 4 is 11.6 Å². The van der Waals surface area contributed by atoms with Gasteiger partial charge in [-0.15, -0.1) is 0 Å². The fraction of sp³-hybridized carbons (Fsp3) is 0.571. The molecule has 1 aromatic rings. The first-order valence-corrected chi connectivity index (χ1v) is 6.77. The Bertz CT molecular complexity index is 361. The lowest BCUT2D eigenvalue weighted by Gasteiger charge is -2.08. The van der Waals surface area contributed by atoms with Crippen LogP contribution in [-0.4, -0.2) is 33.5 Å². The Hall–Kier alpha value is -0.650. The average Bonchev–Trinajstić information content (AvgIpc) is 2.43. The second-order valence-electron chi connectivity index (χ2n) is 4.14. The molecule has 0 unspecified atom stereocenters. The van der Waals surface area contributed by atoms with Crippen LogP contribution in [0.1, 0.15) is 17.5 Å². The molecule has 4 nitrogen and oxygen atoms in total. The van der Waals surface area contributed by atoms with E-state index >= 15 is 0 Å². The van der Waals surface area contributed by atoms with Gasteiger partial charge in [0, 0.05) is 31.9 Å². The molecule has 0 fully saturated rings. The van der Waals surface area contributed by atoms with Crippen LogP contribution in [0.4, 0.5) is 0 Å². The quantitative estimate of drug-likeness (QED) is 0.671. The summed E-state index contributed by atoms with van der Waals surface area (Å²) in [6.45, 7) is 3.55. The summed E-state index contributed by atoms with van der Waals surface area (Å²) in [5, 5.41) is 0.698. The van der Waals surface area contributed by atoms with Crippen molar-refractivity contribution in [2.45, 2.75) is 19.6 Å². The average molecular weight is 288 g/mol. The highest BCUT2D eigenvalue weighted by Crippen LogP contribution is 2.18. The van der Waals surface area contributed by atoms with E-state index in [1.165, 1.54) is 0 Å². The molecule has 108 valence electrons. The molecule has 0 bridgehead atoms. The third kappa shape index (κ3) is 6.89. The molecule has 0 atom stereocenters. The molecule has 19 heavy (non-hydrogen) atoms. The van der Waals surface area contributed by atoms with Crippen molar-refractivity contribution < 1.29 is 14.2 Å². The first-order chi connectivity index (χ1) is 9.27. The van der Waals surface area contributed by atoms with Gasteiger partial charge >= 0.3 is 0 Å². The number of rotatable bonds is 10. The number of methoxy groups -OCH3 is 1. The van der Waals surface area contributed by atoms with Gasteiger partial charge in [-0.05, 0) is 23.6 Å². The van der Waals surface area contributed by atoms with Crippen LogP contribution >= 0.6 is 11.6 Å². The van der Waals surface area contributed by atoms with E-state index in [1.54, 1.807) is 7.11 Å². The molecule has 0 aromatic heterocycles. The van der Waals surface area contributed by atoms with Crippen LogP contribution in [0.15, 0.2) is 18.2 Å². The van der Waals surface area contributed by atoms with E-state index in [1.807, 2.05) is 18.2 Å². The van der Waals surface area contributed by atoms with Crippen molar-refractivity contribution in [3.63, 3.8) is 0 Å². The highest BCUT2D eigenvalue weighted by molar-refractivity contribution is 6.31. The number of halogens is 1. The Balaban J connectivity index is 2.12. The lowest BCUT2D eigenvalue weighted by atomic mass is 10.1. The fourth-order valence-corrected chi connectivity index (χ4v) is 1.80. The lowest BCUT2D eigenvalue weighted by molar-refractivity contribution is 0.0337. The summed E-state index contributed by atoms with van der Waals surface area (Å²) in [6, 6.07) is 5.79. The minimum atomic E-state index is 0.491. The maximum Gasteiger partial charge on any atom is 0.0732 e. The standard InChI is InChI=1S/C14H22ClNO3/c1-17-5-2-6-18-7-8-19-11-13-4-3-12(10-16)9-14(13)15/h3-4,9H,2,5-8,10-11,16H2,1H3. The van der Waals surface area contributed by atoms with Crippen molar-refractivity contribution in [2.24, 2.45) is 5.73 Å². The molecule has 1 aromatic carbocycles. The van der Waals surface area contributed by atoms with Gasteiger partial charge in [0.25, 0.3) is 0 Å². The van der Waals surface area contributed by atoms with Crippen molar-refractivity contribution in [3.05, 3.63) is 34.3 Å². The van der Waals surface area contributed by atoms with Gasteiger partial charge in [-0.1, -0.05) is 23.7 Å². The van der Waals surface area contributed by atoms with Crippen LogP contribution in [0.3, 0.4) is 0 Å². The Morgan fingerprint density at radius 3 is 2.58 bits per heavy atom. The van der Waals surface area contributed by atoms with E-state index in [4.69, 9.17) is 31.5 Å². The van der Waals surface area contributed by atoms with Crippen molar-refractivity contribution in [2.75, 3.05) is 33.5 Å². The van der Waals surface area contributed by atoms with Gasteiger partial charge in [-0.2, -0.15) is 0 Å². The molecule has 0 radical (unpaired) electrons. The third-order valence-corrected chi connectivity index (χ3v) is 2.97. The molecular weight excluding hydrogens is 266 g/mol. The normalized spacial score (nSPS) is 10.9. The maximum atomic E-state index is 6.12. The number of benzene rings is 1. The third-order valence-electron chi connectivity index (χ3n) is 2.62. The molecular formula is C14H22ClNO3. The van der Waals surface area contributed by atoms with Crippen LogP contribution < -0.4 is 5.73 Å². The highest BCUT2D eigenvalue weighted by atomic mass is 35.5. The van der Waals surface area contributed by atoms with E-state index in [-0.39, 0.29) is 0 Å². The number of ether oxygens (including phenoxy) is 3. The zero-order valence-electron chi connectivity index (χ0n) is 11.4. The van der Waals surface area contributed by atoms with Crippen LogP contribution in [0, 0.1) is 0 Å². The van der Waals surface area contributed by atoms with Crippen LogP contribution in [0.25, 0.3) is 0 Å².